The maximum atomic E-state index is 12.5. The fourth-order valence-electron chi connectivity index (χ4n) is 3.93. The molecule has 0 radical (unpaired) electrons. The second-order valence-corrected chi connectivity index (χ2v) is 7.09. The van der Waals surface area contributed by atoms with Crippen LogP contribution in [-0.4, -0.2) is 47.3 Å². The van der Waals surface area contributed by atoms with Crippen LogP contribution in [0.2, 0.25) is 0 Å². The minimum Gasteiger partial charge on any atom is -0.350 e. The van der Waals surface area contributed by atoms with E-state index in [9.17, 15) is 14.4 Å². The van der Waals surface area contributed by atoms with Crippen LogP contribution in [0.25, 0.3) is 0 Å². The standard InChI is InChI=1S/C16H25N3O3/c1-9(2)12-16(22)19-8-7-11(13(19)15(21)18-12)17-14(20)10-5-3-4-6-10/h9-13H,3-8H2,1-2H3,(H,17,20)(H,18,21). The third kappa shape index (κ3) is 2.59. The Labute approximate surface area is 131 Å². The first-order chi connectivity index (χ1) is 10.5. The lowest BCUT2D eigenvalue weighted by Crippen LogP contribution is -2.66. The summed E-state index contributed by atoms with van der Waals surface area (Å²) >= 11 is 0. The van der Waals surface area contributed by atoms with E-state index >= 15 is 0 Å². The van der Waals surface area contributed by atoms with Gasteiger partial charge in [0, 0.05) is 12.5 Å². The van der Waals surface area contributed by atoms with Crippen molar-refractivity contribution >= 4 is 17.7 Å². The summed E-state index contributed by atoms with van der Waals surface area (Å²) < 4.78 is 0. The van der Waals surface area contributed by atoms with Crippen molar-refractivity contribution in [3.05, 3.63) is 0 Å². The lowest BCUT2D eigenvalue weighted by atomic mass is 9.97. The molecule has 3 rings (SSSR count). The van der Waals surface area contributed by atoms with Crippen LogP contribution >= 0.6 is 0 Å². The van der Waals surface area contributed by atoms with Gasteiger partial charge in [-0.05, 0) is 25.2 Å². The summed E-state index contributed by atoms with van der Waals surface area (Å²) in [5.74, 6) is 0.0599. The van der Waals surface area contributed by atoms with Gasteiger partial charge in [-0.3, -0.25) is 14.4 Å². The number of rotatable bonds is 3. The Bertz CT molecular complexity index is 485. The van der Waals surface area contributed by atoms with Crippen LogP contribution < -0.4 is 10.6 Å². The highest BCUT2D eigenvalue weighted by Gasteiger charge is 2.49. The average Bonchev–Trinajstić information content (AvgIpc) is 3.12. The topological polar surface area (TPSA) is 78.5 Å². The predicted molar refractivity (Wildman–Crippen MR) is 80.8 cm³/mol. The number of piperazine rings is 1. The van der Waals surface area contributed by atoms with Crippen molar-refractivity contribution in [2.75, 3.05) is 6.54 Å². The number of nitrogens with one attached hydrogen (secondary N) is 2. The third-order valence-electron chi connectivity index (χ3n) is 5.23. The van der Waals surface area contributed by atoms with Gasteiger partial charge in [-0.25, -0.2) is 0 Å². The Kier molecular flexibility index (Phi) is 4.10. The van der Waals surface area contributed by atoms with Gasteiger partial charge in [0.1, 0.15) is 12.1 Å². The van der Waals surface area contributed by atoms with Crippen molar-refractivity contribution in [2.45, 2.75) is 64.1 Å². The van der Waals surface area contributed by atoms with E-state index in [4.69, 9.17) is 0 Å². The van der Waals surface area contributed by atoms with E-state index in [1.165, 1.54) is 0 Å². The highest BCUT2D eigenvalue weighted by Crippen LogP contribution is 2.28. The Morgan fingerprint density at radius 2 is 1.91 bits per heavy atom. The molecule has 3 fully saturated rings. The molecule has 6 heteroatoms. The van der Waals surface area contributed by atoms with Gasteiger partial charge in [0.15, 0.2) is 0 Å². The number of hydrogen-bond donors (Lipinski definition) is 2. The Balaban J connectivity index is 1.68. The molecule has 0 aromatic rings. The summed E-state index contributed by atoms with van der Waals surface area (Å²) in [6, 6.07) is -1.22. The van der Waals surface area contributed by atoms with Crippen LogP contribution in [0.5, 0.6) is 0 Å². The van der Waals surface area contributed by atoms with Crippen molar-refractivity contribution in [1.82, 2.24) is 15.5 Å². The molecular formula is C16H25N3O3. The number of carbonyl (C=O) groups excluding carboxylic acids is 3. The lowest BCUT2D eigenvalue weighted by molar-refractivity contribution is -0.149. The molecule has 0 aromatic carbocycles. The number of nitrogens with zero attached hydrogens (tertiary/aromatic N) is 1. The summed E-state index contributed by atoms with van der Waals surface area (Å²) in [5, 5.41) is 5.85. The third-order valence-corrected chi connectivity index (χ3v) is 5.23. The first-order valence-corrected chi connectivity index (χ1v) is 8.40. The molecule has 1 aliphatic carbocycles. The van der Waals surface area contributed by atoms with Crippen LogP contribution in [0.15, 0.2) is 0 Å². The van der Waals surface area contributed by atoms with Gasteiger partial charge < -0.3 is 15.5 Å². The van der Waals surface area contributed by atoms with E-state index in [-0.39, 0.29) is 35.6 Å². The molecule has 2 heterocycles. The van der Waals surface area contributed by atoms with Gasteiger partial charge in [0.2, 0.25) is 17.7 Å². The molecule has 22 heavy (non-hydrogen) atoms. The molecular weight excluding hydrogens is 282 g/mol. The highest BCUT2D eigenvalue weighted by molar-refractivity contribution is 5.98. The zero-order valence-electron chi connectivity index (χ0n) is 13.3. The number of hydrogen-bond acceptors (Lipinski definition) is 3. The maximum absolute atomic E-state index is 12.5. The molecule has 0 bridgehead atoms. The molecule has 2 saturated heterocycles. The van der Waals surface area contributed by atoms with Crippen LogP contribution in [0, 0.1) is 11.8 Å². The maximum Gasteiger partial charge on any atom is 0.246 e. The number of fused-ring (bicyclic) bond motifs is 1. The first-order valence-electron chi connectivity index (χ1n) is 8.40. The first kappa shape index (κ1) is 15.3. The summed E-state index contributed by atoms with van der Waals surface area (Å²) in [6.07, 6.45) is 4.74. The highest BCUT2D eigenvalue weighted by atomic mass is 16.2. The quantitative estimate of drug-likeness (QED) is 0.793. The van der Waals surface area contributed by atoms with E-state index in [1.807, 2.05) is 13.8 Å². The van der Waals surface area contributed by atoms with Gasteiger partial charge in [0.25, 0.3) is 0 Å². The van der Waals surface area contributed by atoms with Crippen LogP contribution in [0.4, 0.5) is 0 Å². The lowest BCUT2D eigenvalue weighted by Gasteiger charge is -2.38. The fourth-order valence-corrected chi connectivity index (χ4v) is 3.93. The van der Waals surface area contributed by atoms with E-state index in [0.717, 1.165) is 25.7 Å². The van der Waals surface area contributed by atoms with Crippen molar-refractivity contribution in [1.29, 1.82) is 0 Å². The molecule has 6 nitrogen and oxygen atoms in total. The van der Waals surface area contributed by atoms with Crippen molar-refractivity contribution in [3.63, 3.8) is 0 Å². The summed E-state index contributed by atoms with van der Waals surface area (Å²) in [7, 11) is 0. The Morgan fingerprint density at radius 3 is 2.55 bits per heavy atom. The van der Waals surface area contributed by atoms with E-state index in [0.29, 0.717) is 13.0 Å². The normalized spacial score (nSPS) is 32.3. The van der Waals surface area contributed by atoms with Gasteiger partial charge in [-0.2, -0.15) is 0 Å². The fraction of sp³-hybridized carbons (Fsp3) is 0.812. The van der Waals surface area contributed by atoms with Gasteiger partial charge in [-0.15, -0.1) is 0 Å². The Hall–Kier alpha value is -1.59. The van der Waals surface area contributed by atoms with Crippen molar-refractivity contribution < 1.29 is 14.4 Å². The van der Waals surface area contributed by atoms with E-state index < -0.39 is 12.1 Å². The zero-order chi connectivity index (χ0) is 15.9. The number of amides is 3. The second kappa shape index (κ2) is 5.89. The molecule has 3 unspecified atom stereocenters. The van der Waals surface area contributed by atoms with E-state index in [2.05, 4.69) is 10.6 Å². The Morgan fingerprint density at radius 1 is 1.23 bits per heavy atom. The van der Waals surface area contributed by atoms with Crippen LogP contribution in [-0.2, 0) is 14.4 Å². The van der Waals surface area contributed by atoms with E-state index in [1.54, 1.807) is 4.90 Å². The monoisotopic (exact) mass is 307 g/mol. The van der Waals surface area contributed by atoms with Crippen molar-refractivity contribution in [3.8, 4) is 0 Å². The van der Waals surface area contributed by atoms with Crippen LogP contribution in [0.1, 0.15) is 46.0 Å². The molecule has 1 saturated carbocycles. The van der Waals surface area contributed by atoms with Crippen LogP contribution in [0.3, 0.4) is 0 Å². The van der Waals surface area contributed by atoms with Gasteiger partial charge in [-0.1, -0.05) is 26.7 Å². The molecule has 0 aromatic heterocycles. The molecule has 3 aliphatic rings. The van der Waals surface area contributed by atoms with Gasteiger partial charge in [0.05, 0.1) is 6.04 Å². The second-order valence-electron chi connectivity index (χ2n) is 7.09. The molecule has 2 N–H and O–H groups in total. The molecule has 122 valence electrons. The number of carbonyl (C=O) groups is 3. The average molecular weight is 307 g/mol. The molecule has 3 atom stereocenters. The van der Waals surface area contributed by atoms with Gasteiger partial charge >= 0.3 is 0 Å². The minimum atomic E-state index is -0.534. The summed E-state index contributed by atoms with van der Waals surface area (Å²) in [5.41, 5.74) is 0. The smallest absolute Gasteiger partial charge is 0.246 e. The SMILES string of the molecule is CC(C)C1NC(=O)C2C(NC(=O)C3CCCC3)CCN2C1=O. The molecule has 0 spiro atoms. The largest absolute Gasteiger partial charge is 0.350 e. The molecule has 3 amide bonds. The summed E-state index contributed by atoms with van der Waals surface area (Å²) in [4.78, 5) is 38.8. The van der Waals surface area contributed by atoms with Crippen molar-refractivity contribution in [2.24, 2.45) is 11.8 Å². The predicted octanol–water partition coefficient (Wildman–Crippen LogP) is 0.417. The summed E-state index contributed by atoms with van der Waals surface area (Å²) in [6.45, 7) is 4.41. The molecule has 2 aliphatic heterocycles. The zero-order valence-corrected chi connectivity index (χ0v) is 13.3. The minimum absolute atomic E-state index is 0.0165.